The molecule has 138 valence electrons. The molecule has 0 N–H and O–H groups in total. The summed E-state index contributed by atoms with van der Waals surface area (Å²) in [5, 5.41) is 1.20. The number of rotatable bonds is 9. The zero-order valence-corrected chi connectivity index (χ0v) is 16.3. The third-order valence-electron chi connectivity index (χ3n) is 5.02. The minimum Gasteiger partial charge on any atom is -0.253 e. The molecule has 1 aromatic heterocycles. The molecule has 1 heterocycles. The van der Waals surface area contributed by atoms with E-state index in [1.54, 1.807) is 0 Å². The van der Waals surface area contributed by atoms with Gasteiger partial charge in [0.25, 0.3) is 0 Å². The van der Waals surface area contributed by atoms with Gasteiger partial charge in [0.2, 0.25) is 0 Å². The van der Waals surface area contributed by atoms with Gasteiger partial charge in [-0.1, -0.05) is 79.8 Å². The molecule has 0 saturated heterocycles. The van der Waals surface area contributed by atoms with Crippen LogP contribution < -0.4 is 0 Å². The summed E-state index contributed by atoms with van der Waals surface area (Å²) < 4.78 is 0. The van der Waals surface area contributed by atoms with Crippen molar-refractivity contribution in [3.05, 3.63) is 95.7 Å². The van der Waals surface area contributed by atoms with E-state index in [-0.39, 0.29) is 0 Å². The smallest absolute Gasteiger partial charge is 0.0705 e. The van der Waals surface area contributed by atoms with E-state index < -0.39 is 0 Å². The van der Waals surface area contributed by atoms with Crippen LogP contribution in [-0.2, 0) is 12.8 Å². The molecule has 0 aliphatic carbocycles. The third kappa shape index (κ3) is 5.92. The molecule has 0 saturated carbocycles. The highest BCUT2D eigenvalue weighted by molar-refractivity contribution is 5.78. The molecular weight excluding hydrogens is 326 g/mol. The topological polar surface area (TPSA) is 12.9 Å². The SMILES string of the molecule is C=C(CC)CCC/C=C/c1ccc(CCc2ccc3ccccc3n2)cc1. The van der Waals surface area contributed by atoms with Gasteiger partial charge in [-0.2, -0.15) is 0 Å². The first kappa shape index (κ1) is 19.1. The molecule has 3 aromatic rings. The zero-order chi connectivity index (χ0) is 18.9. The number of aryl methyl sites for hydroxylation is 2. The molecule has 0 unspecified atom stereocenters. The first-order valence-corrected chi connectivity index (χ1v) is 10.0. The predicted octanol–water partition coefficient (Wildman–Crippen LogP) is 7.17. The summed E-state index contributed by atoms with van der Waals surface area (Å²) in [7, 11) is 0. The highest BCUT2D eigenvalue weighted by Crippen LogP contribution is 2.15. The highest BCUT2D eigenvalue weighted by atomic mass is 14.7. The van der Waals surface area contributed by atoms with E-state index in [0.717, 1.165) is 43.3 Å². The van der Waals surface area contributed by atoms with E-state index in [9.17, 15) is 0 Å². The van der Waals surface area contributed by atoms with Gasteiger partial charge in [-0.05, 0) is 61.8 Å². The molecule has 0 bridgehead atoms. The van der Waals surface area contributed by atoms with Crippen LogP contribution in [0.3, 0.4) is 0 Å². The van der Waals surface area contributed by atoms with Gasteiger partial charge in [-0.15, -0.1) is 0 Å². The van der Waals surface area contributed by atoms with E-state index in [1.807, 2.05) is 6.07 Å². The van der Waals surface area contributed by atoms with E-state index in [4.69, 9.17) is 4.98 Å². The van der Waals surface area contributed by atoms with E-state index in [0.29, 0.717) is 0 Å². The minimum atomic E-state index is 0.974. The Kier molecular flexibility index (Phi) is 6.98. The Morgan fingerprint density at radius 2 is 1.78 bits per heavy atom. The number of hydrogen-bond donors (Lipinski definition) is 0. The Morgan fingerprint density at radius 1 is 0.963 bits per heavy atom. The summed E-state index contributed by atoms with van der Waals surface area (Å²) in [5.74, 6) is 0. The molecule has 0 aliphatic heterocycles. The fraction of sp³-hybridized carbons (Fsp3) is 0.269. The molecule has 1 heteroatoms. The second-order valence-electron chi connectivity index (χ2n) is 7.14. The fourth-order valence-electron chi connectivity index (χ4n) is 3.18. The minimum absolute atomic E-state index is 0.974. The molecule has 2 aromatic carbocycles. The van der Waals surface area contributed by atoms with Gasteiger partial charge >= 0.3 is 0 Å². The zero-order valence-electron chi connectivity index (χ0n) is 16.3. The van der Waals surface area contributed by atoms with Crippen molar-refractivity contribution >= 4 is 17.0 Å². The second-order valence-corrected chi connectivity index (χ2v) is 7.14. The summed E-state index contributed by atoms with van der Waals surface area (Å²) in [6.45, 7) is 6.24. The first-order valence-electron chi connectivity index (χ1n) is 10.0. The van der Waals surface area contributed by atoms with E-state index in [1.165, 1.54) is 28.5 Å². The maximum Gasteiger partial charge on any atom is 0.0705 e. The predicted molar refractivity (Wildman–Crippen MR) is 118 cm³/mol. The quantitative estimate of drug-likeness (QED) is 0.293. The van der Waals surface area contributed by atoms with Gasteiger partial charge < -0.3 is 0 Å². The second kappa shape index (κ2) is 9.87. The number of pyridine rings is 1. The standard InChI is InChI=1S/C26H29N/c1-3-21(2)9-5-4-6-10-22-13-15-23(16-14-22)17-19-25-20-18-24-11-7-8-12-26(24)27-25/h6-8,10-16,18,20H,2-5,9,17,19H2,1H3/b10-6+. The normalized spacial score (nSPS) is 11.3. The number of allylic oxidation sites excluding steroid dienone is 2. The lowest BCUT2D eigenvalue weighted by molar-refractivity contribution is 0.808. The number of hydrogen-bond acceptors (Lipinski definition) is 1. The van der Waals surface area contributed by atoms with Gasteiger partial charge in [-0.25, -0.2) is 0 Å². The fourth-order valence-corrected chi connectivity index (χ4v) is 3.18. The molecule has 0 spiro atoms. The molecule has 0 radical (unpaired) electrons. The van der Waals surface area contributed by atoms with Crippen LogP contribution in [0, 0.1) is 0 Å². The van der Waals surface area contributed by atoms with Crippen molar-refractivity contribution in [3.63, 3.8) is 0 Å². The largest absolute Gasteiger partial charge is 0.253 e. The Bertz CT molecular complexity index is 903. The summed E-state index contributed by atoms with van der Waals surface area (Å²) in [4.78, 5) is 4.77. The van der Waals surface area contributed by atoms with Crippen molar-refractivity contribution < 1.29 is 0 Å². The van der Waals surface area contributed by atoms with Crippen LogP contribution in [0.2, 0.25) is 0 Å². The first-order chi connectivity index (χ1) is 13.2. The molecular formula is C26H29N. The van der Waals surface area contributed by atoms with Gasteiger partial charge in [0, 0.05) is 11.1 Å². The lowest BCUT2D eigenvalue weighted by atomic mass is 10.0. The average molecular weight is 356 g/mol. The van der Waals surface area contributed by atoms with Crippen LogP contribution in [0.4, 0.5) is 0 Å². The number of aromatic nitrogens is 1. The number of fused-ring (bicyclic) bond motifs is 1. The Hall–Kier alpha value is -2.67. The van der Waals surface area contributed by atoms with Crippen LogP contribution in [0.5, 0.6) is 0 Å². The summed E-state index contributed by atoms with van der Waals surface area (Å²) in [5.41, 5.74) is 6.23. The third-order valence-corrected chi connectivity index (χ3v) is 5.02. The summed E-state index contributed by atoms with van der Waals surface area (Å²) in [6, 6.07) is 21.5. The lowest BCUT2D eigenvalue weighted by Gasteiger charge is -2.04. The van der Waals surface area contributed by atoms with Crippen molar-refractivity contribution in [2.75, 3.05) is 0 Å². The van der Waals surface area contributed by atoms with Gasteiger partial charge in [-0.3, -0.25) is 4.98 Å². The summed E-state index contributed by atoms with van der Waals surface area (Å²) in [6.07, 6.45) is 11.0. The summed E-state index contributed by atoms with van der Waals surface area (Å²) >= 11 is 0. The Balaban J connectivity index is 1.49. The number of nitrogens with zero attached hydrogens (tertiary/aromatic N) is 1. The average Bonchev–Trinajstić information content (AvgIpc) is 2.72. The van der Waals surface area contributed by atoms with Crippen LogP contribution in [0.1, 0.15) is 49.4 Å². The Morgan fingerprint density at radius 3 is 2.59 bits per heavy atom. The van der Waals surface area contributed by atoms with Crippen molar-refractivity contribution in [1.29, 1.82) is 0 Å². The van der Waals surface area contributed by atoms with Crippen molar-refractivity contribution in [1.82, 2.24) is 4.98 Å². The van der Waals surface area contributed by atoms with Gasteiger partial charge in [0.15, 0.2) is 0 Å². The van der Waals surface area contributed by atoms with Crippen molar-refractivity contribution in [3.8, 4) is 0 Å². The monoisotopic (exact) mass is 355 g/mol. The van der Waals surface area contributed by atoms with Crippen LogP contribution in [0.25, 0.3) is 17.0 Å². The van der Waals surface area contributed by atoms with E-state index >= 15 is 0 Å². The van der Waals surface area contributed by atoms with E-state index in [2.05, 4.69) is 80.3 Å². The Labute approximate surface area is 163 Å². The molecule has 3 rings (SSSR count). The van der Waals surface area contributed by atoms with Crippen molar-refractivity contribution in [2.24, 2.45) is 0 Å². The highest BCUT2D eigenvalue weighted by Gasteiger charge is 2.00. The van der Waals surface area contributed by atoms with Gasteiger partial charge in [0.1, 0.15) is 0 Å². The lowest BCUT2D eigenvalue weighted by Crippen LogP contribution is -1.95. The number of benzene rings is 2. The maximum atomic E-state index is 4.77. The molecule has 1 nitrogen and oxygen atoms in total. The molecule has 0 aliphatic rings. The van der Waals surface area contributed by atoms with Gasteiger partial charge in [0.05, 0.1) is 5.52 Å². The molecule has 0 amide bonds. The van der Waals surface area contributed by atoms with Crippen LogP contribution >= 0.6 is 0 Å². The molecule has 0 fully saturated rings. The maximum absolute atomic E-state index is 4.77. The molecule has 27 heavy (non-hydrogen) atoms. The van der Waals surface area contributed by atoms with Crippen LogP contribution in [-0.4, -0.2) is 4.98 Å². The number of para-hydroxylation sites is 1. The molecule has 0 atom stereocenters. The van der Waals surface area contributed by atoms with Crippen molar-refractivity contribution in [2.45, 2.75) is 45.4 Å². The number of unbranched alkanes of at least 4 members (excludes halogenated alkanes) is 1. The van der Waals surface area contributed by atoms with Crippen LogP contribution in [0.15, 0.2) is 78.9 Å².